The molecule has 20 heavy (non-hydrogen) atoms. The molecule has 1 aliphatic heterocycles. The van der Waals surface area contributed by atoms with Crippen molar-refractivity contribution < 1.29 is 9.53 Å². The maximum absolute atomic E-state index is 12.3. The van der Waals surface area contributed by atoms with Crippen molar-refractivity contribution in [3.8, 4) is 0 Å². The highest BCUT2D eigenvalue weighted by molar-refractivity contribution is 5.74. The van der Waals surface area contributed by atoms with Crippen LogP contribution in [0, 0.1) is 0 Å². The summed E-state index contributed by atoms with van der Waals surface area (Å²) in [4.78, 5) is 18.5. The first kappa shape index (κ1) is 14.8. The molecule has 1 saturated heterocycles. The molecule has 0 aliphatic carbocycles. The number of piperidine rings is 1. The fourth-order valence-electron chi connectivity index (χ4n) is 2.59. The van der Waals surface area contributed by atoms with Gasteiger partial charge < -0.3 is 15.0 Å². The van der Waals surface area contributed by atoms with Gasteiger partial charge >= 0.3 is 6.03 Å². The third-order valence-corrected chi connectivity index (χ3v) is 3.69. The molecule has 110 valence electrons. The Morgan fingerprint density at radius 1 is 1.50 bits per heavy atom. The Morgan fingerprint density at radius 2 is 2.40 bits per heavy atom. The van der Waals surface area contributed by atoms with Crippen LogP contribution in [0.15, 0.2) is 24.4 Å². The van der Waals surface area contributed by atoms with Gasteiger partial charge in [0.15, 0.2) is 0 Å². The molecule has 2 amide bonds. The predicted octanol–water partition coefficient (Wildman–Crippen LogP) is 2.18. The van der Waals surface area contributed by atoms with Crippen LogP contribution in [0.3, 0.4) is 0 Å². The van der Waals surface area contributed by atoms with E-state index < -0.39 is 0 Å². The molecule has 0 unspecified atom stereocenters. The second-order valence-corrected chi connectivity index (χ2v) is 5.10. The van der Waals surface area contributed by atoms with Crippen LogP contribution in [0.2, 0.25) is 0 Å². The van der Waals surface area contributed by atoms with Gasteiger partial charge in [-0.05, 0) is 37.8 Å². The number of hydrogen-bond donors (Lipinski definition) is 1. The average Bonchev–Trinajstić information content (AvgIpc) is 2.52. The van der Waals surface area contributed by atoms with E-state index in [1.54, 1.807) is 13.3 Å². The van der Waals surface area contributed by atoms with E-state index in [0.717, 1.165) is 31.5 Å². The zero-order valence-electron chi connectivity index (χ0n) is 12.0. The third kappa shape index (κ3) is 4.20. The fraction of sp³-hybridized carbons (Fsp3) is 0.600. The highest BCUT2D eigenvalue weighted by Crippen LogP contribution is 2.19. The van der Waals surface area contributed by atoms with Gasteiger partial charge in [0, 0.05) is 32.5 Å². The highest BCUT2D eigenvalue weighted by Gasteiger charge is 2.26. The Labute approximate surface area is 120 Å². The van der Waals surface area contributed by atoms with Gasteiger partial charge in [-0.25, -0.2) is 4.79 Å². The van der Waals surface area contributed by atoms with E-state index in [9.17, 15) is 4.79 Å². The number of carbonyl (C=O) groups is 1. The van der Waals surface area contributed by atoms with Crippen LogP contribution >= 0.6 is 0 Å². The standard InChI is InChI=1S/C15H23N3O2/c1-20-11-8-14-7-3-5-10-18(14)15(19)17-12-13-6-2-4-9-16-13/h2,4,6,9,14H,3,5,7-8,10-12H2,1H3,(H,17,19)/t14-/m1/s1. The van der Waals surface area contributed by atoms with Gasteiger partial charge in [-0.1, -0.05) is 6.07 Å². The van der Waals surface area contributed by atoms with Crippen LogP contribution < -0.4 is 5.32 Å². The number of likely N-dealkylation sites (tertiary alicyclic amines) is 1. The quantitative estimate of drug-likeness (QED) is 0.897. The topological polar surface area (TPSA) is 54.5 Å². The Kier molecular flexibility index (Phi) is 5.80. The smallest absolute Gasteiger partial charge is 0.317 e. The molecule has 1 fully saturated rings. The largest absolute Gasteiger partial charge is 0.385 e. The molecular weight excluding hydrogens is 254 g/mol. The van der Waals surface area contributed by atoms with Crippen molar-refractivity contribution in [2.75, 3.05) is 20.3 Å². The van der Waals surface area contributed by atoms with Gasteiger partial charge in [-0.15, -0.1) is 0 Å². The number of nitrogens with one attached hydrogen (secondary N) is 1. The first-order chi connectivity index (χ1) is 9.81. The lowest BCUT2D eigenvalue weighted by molar-refractivity contribution is 0.116. The van der Waals surface area contributed by atoms with Crippen molar-refractivity contribution in [1.29, 1.82) is 0 Å². The predicted molar refractivity (Wildman–Crippen MR) is 77.3 cm³/mol. The second kappa shape index (κ2) is 7.85. The lowest BCUT2D eigenvalue weighted by Crippen LogP contribution is -2.48. The Balaban J connectivity index is 1.85. The molecule has 0 saturated carbocycles. The summed E-state index contributed by atoms with van der Waals surface area (Å²) in [5.74, 6) is 0. The first-order valence-electron chi connectivity index (χ1n) is 7.24. The molecule has 1 aliphatic rings. The highest BCUT2D eigenvalue weighted by atomic mass is 16.5. The van der Waals surface area contributed by atoms with Gasteiger partial charge in [0.1, 0.15) is 0 Å². The van der Waals surface area contributed by atoms with E-state index in [1.807, 2.05) is 23.1 Å². The van der Waals surface area contributed by atoms with E-state index in [-0.39, 0.29) is 6.03 Å². The molecule has 0 bridgehead atoms. The maximum atomic E-state index is 12.3. The van der Waals surface area contributed by atoms with E-state index in [4.69, 9.17) is 4.74 Å². The zero-order chi connectivity index (χ0) is 14.2. The van der Waals surface area contributed by atoms with E-state index in [2.05, 4.69) is 10.3 Å². The summed E-state index contributed by atoms with van der Waals surface area (Å²) in [6, 6.07) is 6.02. The van der Waals surface area contributed by atoms with Crippen LogP contribution in [0.25, 0.3) is 0 Å². The minimum atomic E-state index is 0.0106. The molecular formula is C15H23N3O2. The van der Waals surface area contributed by atoms with E-state index in [1.165, 1.54) is 6.42 Å². The molecule has 0 aromatic carbocycles. The molecule has 1 aromatic rings. The molecule has 2 heterocycles. The minimum absolute atomic E-state index is 0.0106. The van der Waals surface area contributed by atoms with E-state index >= 15 is 0 Å². The summed E-state index contributed by atoms with van der Waals surface area (Å²) in [6.45, 7) is 2.02. The van der Waals surface area contributed by atoms with Gasteiger partial charge in [-0.2, -0.15) is 0 Å². The molecule has 1 atom stereocenters. The van der Waals surface area contributed by atoms with Gasteiger partial charge in [0.25, 0.3) is 0 Å². The number of nitrogens with zero attached hydrogens (tertiary/aromatic N) is 2. The molecule has 1 N–H and O–H groups in total. The number of methoxy groups -OCH3 is 1. The summed E-state index contributed by atoms with van der Waals surface area (Å²) in [5.41, 5.74) is 0.881. The number of pyridine rings is 1. The number of rotatable bonds is 5. The van der Waals surface area contributed by atoms with Gasteiger partial charge in [-0.3, -0.25) is 4.98 Å². The van der Waals surface area contributed by atoms with Crippen LogP contribution in [0.4, 0.5) is 4.79 Å². The van der Waals surface area contributed by atoms with Crippen molar-refractivity contribution >= 4 is 6.03 Å². The van der Waals surface area contributed by atoms with Gasteiger partial charge in [0.2, 0.25) is 0 Å². The molecule has 1 aromatic heterocycles. The first-order valence-corrected chi connectivity index (χ1v) is 7.24. The van der Waals surface area contributed by atoms with Crippen LogP contribution in [0.5, 0.6) is 0 Å². The monoisotopic (exact) mass is 277 g/mol. The molecule has 5 nitrogen and oxygen atoms in total. The summed E-state index contributed by atoms with van der Waals surface area (Å²) in [5, 5.41) is 2.96. The zero-order valence-corrected chi connectivity index (χ0v) is 12.0. The van der Waals surface area contributed by atoms with Crippen molar-refractivity contribution in [2.45, 2.75) is 38.3 Å². The summed E-state index contributed by atoms with van der Waals surface area (Å²) in [6.07, 6.45) is 6.00. The lowest BCUT2D eigenvalue weighted by atomic mass is 10.00. The molecule has 5 heteroatoms. The fourth-order valence-corrected chi connectivity index (χ4v) is 2.59. The SMILES string of the molecule is COCC[C@H]1CCCCN1C(=O)NCc1ccccn1. The maximum Gasteiger partial charge on any atom is 0.317 e. The summed E-state index contributed by atoms with van der Waals surface area (Å²) >= 11 is 0. The van der Waals surface area contributed by atoms with Crippen molar-refractivity contribution in [3.63, 3.8) is 0 Å². The number of hydrogen-bond acceptors (Lipinski definition) is 3. The second-order valence-electron chi connectivity index (χ2n) is 5.10. The summed E-state index contributed by atoms with van der Waals surface area (Å²) < 4.78 is 5.13. The third-order valence-electron chi connectivity index (χ3n) is 3.69. The van der Waals surface area contributed by atoms with Crippen LogP contribution in [0.1, 0.15) is 31.4 Å². The Morgan fingerprint density at radius 3 is 3.15 bits per heavy atom. The number of aromatic nitrogens is 1. The van der Waals surface area contributed by atoms with Crippen LogP contribution in [-0.2, 0) is 11.3 Å². The number of urea groups is 1. The van der Waals surface area contributed by atoms with Gasteiger partial charge in [0.05, 0.1) is 12.2 Å². The van der Waals surface area contributed by atoms with E-state index in [0.29, 0.717) is 19.2 Å². The molecule has 0 radical (unpaired) electrons. The molecule has 2 rings (SSSR count). The number of carbonyl (C=O) groups excluding carboxylic acids is 1. The molecule has 0 spiro atoms. The average molecular weight is 277 g/mol. The minimum Gasteiger partial charge on any atom is -0.385 e. The normalized spacial score (nSPS) is 18.9. The lowest BCUT2D eigenvalue weighted by Gasteiger charge is -2.35. The number of amides is 2. The van der Waals surface area contributed by atoms with Crippen molar-refractivity contribution in [1.82, 2.24) is 15.2 Å². The Hall–Kier alpha value is -1.62. The van der Waals surface area contributed by atoms with Crippen molar-refractivity contribution in [3.05, 3.63) is 30.1 Å². The van der Waals surface area contributed by atoms with Crippen LogP contribution in [-0.4, -0.2) is 42.2 Å². The summed E-state index contributed by atoms with van der Waals surface area (Å²) in [7, 11) is 1.70. The van der Waals surface area contributed by atoms with Crippen molar-refractivity contribution in [2.24, 2.45) is 0 Å². The number of ether oxygens (including phenoxy) is 1. The Bertz CT molecular complexity index is 411.